The van der Waals surface area contributed by atoms with E-state index >= 15 is 0 Å². The molecule has 0 aliphatic rings. The minimum atomic E-state index is -0.490. The summed E-state index contributed by atoms with van der Waals surface area (Å²) in [7, 11) is 3.32. The number of aryl methyl sites for hydroxylation is 1. The number of methoxy groups -OCH3 is 1. The maximum atomic E-state index is 13.2. The maximum absolute atomic E-state index is 13.2. The first-order chi connectivity index (χ1) is 13.6. The topological polar surface area (TPSA) is 73.3 Å². The van der Waals surface area contributed by atoms with E-state index in [1.54, 1.807) is 37.8 Å². The molecule has 28 heavy (non-hydrogen) atoms. The molecule has 2 aromatic carbocycles. The number of aromatic nitrogens is 2. The number of nitrogens with zero attached hydrogens (tertiary/aromatic N) is 1. The highest BCUT2D eigenvalue weighted by Gasteiger charge is 2.24. The number of rotatable bonds is 4. The van der Waals surface area contributed by atoms with Crippen LogP contribution in [0, 0.1) is 0 Å². The Labute approximate surface area is 161 Å². The number of carbonyl (C=O) groups excluding carboxylic acids is 1. The molecule has 0 radical (unpaired) electrons. The number of carbonyl (C=O) groups is 1. The van der Waals surface area contributed by atoms with Crippen LogP contribution in [0.15, 0.2) is 53.3 Å². The van der Waals surface area contributed by atoms with Crippen LogP contribution in [0.4, 0.5) is 0 Å². The lowest BCUT2D eigenvalue weighted by Gasteiger charge is -2.08. The Balaban J connectivity index is 2.14. The second-order valence-electron chi connectivity index (χ2n) is 6.46. The Morgan fingerprint density at radius 3 is 2.50 bits per heavy atom. The van der Waals surface area contributed by atoms with E-state index in [2.05, 4.69) is 4.98 Å². The summed E-state index contributed by atoms with van der Waals surface area (Å²) in [6.07, 6.45) is 0. The van der Waals surface area contributed by atoms with Crippen LogP contribution in [-0.4, -0.2) is 29.2 Å². The molecule has 0 aliphatic heterocycles. The van der Waals surface area contributed by atoms with Gasteiger partial charge in [-0.25, -0.2) is 4.79 Å². The largest absolute Gasteiger partial charge is 0.497 e. The van der Waals surface area contributed by atoms with Crippen molar-refractivity contribution in [3.05, 3.63) is 64.6 Å². The van der Waals surface area contributed by atoms with Gasteiger partial charge in [-0.15, -0.1) is 0 Å². The van der Waals surface area contributed by atoms with Gasteiger partial charge in [0.25, 0.3) is 5.56 Å². The molecule has 4 rings (SSSR count). The first kappa shape index (κ1) is 17.9. The lowest BCUT2D eigenvalue weighted by atomic mass is 10.0. The molecule has 0 saturated carbocycles. The number of para-hydroxylation sites is 1. The number of H-pyrrole nitrogens is 1. The van der Waals surface area contributed by atoms with Crippen LogP contribution in [0.3, 0.4) is 0 Å². The molecule has 142 valence electrons. The number of benzene rings is 2. The van der Waals surface area contributed by atoms with Crippen molar-refractivity contribution in [3.8, 4) is 16.9 Å². The zero-order valence-corrected chi connectivity index (χ0v) is 15.9. The minimum absolute atomic E-state index is 0.175. The second-order valence-corrected chi connectivity index (χ2v) is 6.46. The predicted molar refractivity (Wildman–Crippen MR) is 109 cm³/mol. The van der Waals surface area contributed by atoms with E-state index in [4.69, 9.17) is 9.47 Å². The number of aromatic amines is 1. The predicted octanol–water partition coefficient (Wildman–Crippen LogP) is 3.87. The van der Waals surface area contributed by atoms with Crippen LogP contribution < -0.4 is 10.3 Å². The van der Waals surface area contributed by atoms with Gasteiger partial charge in [0.15, 0.2) is 0 Å². The summed E-state index contributed by atoms with van der Waals surface area (Å²) >= 11 is 0. The van der Waals surface area contributed by atoms with Crippen molar-refractivity contribution in [2.45, 2.75) is 6.92 Å². The normalized spacial score (nSPS) is 11.1. The van der Waals surface area contributed by atoms with Gasteiger partial charge in [0.2, 0.25) is 0 Å². The monoisotopic (exact) mass is 376 g/mol. The number of fused-ring (bicyclic) bond motifs is 3. The Morgan fingerprint density at radius 1 is 1.11 bits per heavy atom. The van der Waals surface area contributed by atoms with Gasteiger partial charge in [0.1, 0.15) is 11.4 Å². The molecule has 1 N–H and O–H groups in total. The fourth-order valence-electron chi connectivity index (χ4n) is 3.57. The molecule has 0 amide bonds. The van der Waals surface area contributed by atoms with Gasteiger partial charge in [-0.05, 0) is 30.7 Å². The molecular formula is C22H20N2O4. The van der Waals surface area contributed by atoms with Crippen LogP contribution >= 0.6 is 0 Å². The first-order valence-corrected chi connectivity index (χ1v) is 9.01. The Hall–Kier alpha value is -3.54. The quantitative estimate of drug-likeness (QED) is 0.549. The highest BCUT2D eigenvalue weighted by Crippen LogP contribution is 2.35. The Bertz CT molecular complexity index is 1250. The van der Waals surface area contributed by atoms with E-state index in [1.165, 1.54) is 0 Å². The molecule has 0 aliphatic carbocycles. The molecule has 0 bridgehead atoms. The summed E-state index contributed by atoms with van der Waals surface area (Å²) in [4.78, 5) is 29.1. The van der Waals surface area contributed by atoms with Gasteiger partial charge in [-0.2, -0.15) is 0 Å². The van der Waals surface area contributed by atoms with Crippen molar-refractivity contribution in [3.63, 3.8) is 0 Å². The fourth-order valence-corrected chi connectivity index (χ4v) is 3.57. The SMILES string of the molecule is CCOC(=O)c1[nH]c2c(c1-c1ccc(OC)cc1)c(=O)n(C)c1ccccc21. The summed E-state index contributed by atoms with van der Waals surface area (Å²) in [6, 6.07) is 14.9. The van der Waals surface area contributed by atoms with Crippen molar-refractivity contribution in [1.29, 1.82) is 0 Å². The summed E-state index contributed by atoms with van der Waals surface area (Å²) in [6.45, 7) is 2.00. The number of esters is 1. The number of hydrogen-bond acceptors (Lipinski definition) is 4. The van der Waals surface area contributed by atoms with E-state index < -0.39 is 5.97 Å². The molecule has 2 heterocycles. The zero-order chi connectivity index (χ0) is 19.8. The van der Waals surface area contributed by atoms with E-state index in [0.717, 1.165) is 16.5 Å². The third kappa shape index (κ3) is 2.65. The summed E-state index contributed by atoms with van der Waals surface area (Å²) in [5, 5.41) is 1.33. The van der Waals surface area contributed by atoms with Gasteiger partial charge in [0.05, 0.1) is 30.1 Å². The summed E-state index contributed by atoms with van der Waals surface area (Å²) < 4.78 is 12.1. The van der Waals surface area contributed by atoms with Crippen LogP contribution in [0.25, 0.3) is 32.9 Å². The summed E-state index contributed by atoms with van der Waals surface area (Å²) in [5.74, 6) is 0.204. The minimum Gasteiger partial charge on any atom is -0.497 e. The average molecular weight is 376 g/mol. The molecule has 0 fully saturated rings. The molecule has 4 aromatic rings. The summed E-state index contributed by atoms with van der Waals surface area (Å²) in [5.41, 5.74) is 2.80. The maximum Gasteiger partial charge on any atom is 0.355 e. The Morgan fingerprint density at radius 2 is 1.82 bits per heavy atom. The average Bonchev–Trinajstić information content (AvgIpc) is 3.13. The Kier molecular flexibility index (Phi) is 4.39. The van der Waals surface area contributed by atoms with Crippen molar-refractivity contribution in [2.24, 2.45) is 7.05 Å². The highest BCUT2D eigenvalue weighted by atomic mass is 16.5. The molecule has 6 nitrogen and oxygen atoms in total. The lowest BCUT2D eigenvalue weighted by Crippen LogP contribution is -2.17. The van der Waals surface area contributed by atoms with Crippen LogP contribution in [0.2, 0.25) is 0 Å². The number of ether oxygens (including phenoxy) is 2. The standard InChI is InChI=1S/C22H20N2O4/c1-4-28-22(26)20-17(13-9-11-14(27-3)12-10-13)18-19(23-20)15-7-5-6-8-16(15)24(2)21(18)25/h5-12,23H,4H2,1-3H3. The van der Waals surface area contributed by atoms with Crippen molar-refractivity contribution >= 4 is 27.8 Å². The lowest BCUT2D eigenvalue weighted by molar-refractivity contribution is 0.0521. The highest BCUT2D eigenvalue weighted by molar-refractivity contribution is 6.14. The molecule has 0 saturated heterocycles. The zero-order valence-electron chi connectivity index (χ0n) is 15.9. The molecule has 6 heteroatoms. The van der Waals surface area contributed by atoms with Crippen molar-refractivity contribution < 1.29 is 14.3 Å². The number of hydrogen-bond donors (Lipinski definition) is 1. The van der Waals surface area contributed by atoms with Crippen LogP contribution in [0.5, 0.6) is 5.75 Å². The van der Waals surface area contributed by atoms with Gasteiger partial charge >= 0.3 is 5.97 Å². The number of nitrogens with one attached hydrogen (secondary N) is 1. The van der Waals surface area contributed by atoms with Gasteiger partial charge in [-0.3, -0.25) is 4.79 Å². The van der Waals surface area contributed by atoms with E-state index in [1.807, 2.05) is 36.4 Å². The van der Waals surface area contributed by atoms with Gasteiger partial charge in [0, 0.05) is 18.0 Å². The second kappa shape index (κ2) is 6.88. The smallest absolute Gasteiger partial charge is 0.355 e. The van der Waals surface area contributed by atoms with Crippen molar-refractivity contribution in [2.75, 3.05) is 13.7 Å². The number of pyridine rings is 1. The molecule has 0 atom stereocenters. The van der Waals surface area contributed by atoms with Crippen molar-refractivity contribution in [1.82, 2.24) is 9.55 Å². The molecule has 0 unspecified atom stereocenters. The van der Waals surface area contributed by atoms with Gasteiger partial charge < -0.3 is 19.0 Å². The molecule has 0 spiro atoms. The van der Waals surface area contributed by atoms with Crippen LogP contribution in [0.1, 0.15) is 17.4 Å². The van der Waals surface area contributed by atoms with E-state index in [0.29, 0.717) is 22.2 Å². The van der Waals surface area contributed by atoms with Crippen LogP contribution in [-0.2, 0) is 11.8 Å². The first-order valence-electron chi connectivity index (χ1n) is 9.01. The molecule has 2 aromatic heterocycles. The van der Waals surface area contributed by atoms with Gasteiger partial charge in [-0.1, -0.05) is 30.3 Å². The third-order valence-corrected chi connectivity index (χ3v) is 4.91. The van der Waals surface area contributed by atoms with E-state index in [9.17, 15) is 9.59 Å². The van der Waals surface area contributed by atoms with E-state index in [-0.39, 0.29) is 17.9 Å². The fraction of sp³-hybridized carbons (Fsp3) is 0.182. The third-order valence-electron chi connectivity index (χ3n) is 4.91. The molecular weight excluding hydrogens is 356 g/mol.